The third-order valence-electron chi connectivity index (χ3n) is 6.96. The molecule has 0 N–H and O–H groups in total. The second-order valence-electron chi connectivity index (χ2n) is 9.32. The third kappa shape index (κ3) is 4.94. The number of carbonyl (C=O) groups is 1. The van der Waals surface area contributed by atoms with Crippen LogP contribution < -0.4 is 0 Å². The molecule has 4 heterocycles. The van der Waals surface area contributed by atoms with E-state index in [1.807, 2.05) is 21.6 Å². The van der Waals surface area contributed by atoms with E-state index in [0.29, 0.717) is 58.8 Å². The van der Waals surface area contributed by atoms with Crippen molar-refractivity contribution >= 4 is 11.6 Å². The van der Waals surface area contributed by atoms with Crippen molar-refractivity contribution in [3.8, 4) is 0 Å². The molecule has 2 saturated heterocycles. The fourth-order valence-corrected chi connectivity index (χ4v) is 5.17. The van der Waals surface area contributed by atoms with Gasteiger partial charge in [-0.05, 0) is 55.0 Å². The molecule has 6 nitrogen and oxygen atoms in total. The van der Waals surface area contributed by atoms with Gasteiger partial charge in [0.1, 0.15) is 11.5 Å². The van der Waals surface area contributed by atoms with E-state index in [9.17, 15) is 9.18 Å². The summed E-state index contributed by atoms with van der Waals surface area (Å²) in [7, 11) is 0. The van der Waals surface area contributed by atoms with Crippen LogP contribution in [0.4, 0.5) is 4.39 Å². The van der Waals surface area contributed by atoms with Crippen LogP contribution in [-0.2, 0) is 27.1 Å². The number of amides is 1. The summed E-state index contributed by atoms with van der Waals surface area (Å²) < 4.78 is 27.0. The lowest BCUT2D eigenvalue weighted by Crippen LogP contribution is -2.50. The Labute approximate surface area is 193 Å². The molecule has 5 rings (SSSR count). The van der Waals surface area contributed by atoms with Gasteiger partial charge in [0.2, 0.25) is 5.91 Å². The highest BCUT2D eigenvalue weighted by Crippen LogP contribution is 2.37. The van der Waals surface area contributed by atoms with Gasteiger partial charge in [0.05, 0.1) is 18.6 Å². The Morgan fingerprint density at radius 2 is 1.85 bits per heavy atom. The van der Waals surface area contributed by atoms with Crippen LogP contribution in [0, 0.1) is 17.2 Å². The maximum absolute atomic E-state index is 14.0. The number of imidazole rings is 1. The van der Waals surface area contributed by atoms with Gasteiger partial charge in [-0.2, -0.15) is 0 Å². The van der Waals surface area contributed by atoms with Gasteiger partial charge in [-0.3, -0.25) is 4.79 Å². The maximum atomic E-state index is 14.0. The van der Waals surface area contributed by atoms with Crippen molar-refractivity contribution in [2.24, 2.45) is 11.3 Å². The van der Waals surface area contributed by atoms with E-state index in [1.54, 1.807) is 18.3 Å². The van der Waals surface area contributed by atoms with Gasteiger partial charge < -0.3 is 18.8 Å². The van der Waals surface area contributed by atoms with Gasteiger partial charge in [-0.25, -0.2) is 9.37 Å². The quantitative estimate of drug-likeness (QED) is 0.596. The van der Waals surface area contributed by atoms with Crippen molar-refractivity contribution in [2.45, 2.75) is 25.7 Å². The van der Waals surface area contributed by atoms with E-state index in [4.69, 9.17) is 9.47 Å². The van der Waals surface area contributed by atoms with Gasteiger partial charge in [0.15, 0.2) is 0 Å². The fourth-order valence-electron chi connectivity index (χ4n) is 5.17. The van der Waals surface area contributed by atoms with Crippen molar-refractivity contribution in [3.63, 3.8) is 0 Å². The van der Waals surface area contributed by atoms with Crippen molar-refractivity contribution in [2.75, 3.05) is 39.5 Å². The monoisotopic (exact) mass is 451 g/mol. The van der Waals surface area contributed by atoms with Crippen molar-refractivity contribution in [3.05, 3.63) is 71.9 Å². The second-order valence-corrected chi connectivity index (χ2v) is 9.32. The lowest BCUT2D eigenvalue weighted by atomic mass is 9.74. The predicted molar refractivity (Wildman–Crippen MR) is 122 cm³/mol. The summed E-state index contributed by atoms with van der Waals surface area (Å²) in [6, 6.07) is 10.7. The second kappa shape index (κ2) is 9.61. The van der Waals surface area contributed by atoms with Crippen LogP contribution in [0.5, 0.6) is 0 Å². The standard InChI is InChI=1S/C26H30FN3O3/c27-23-4-1-20(2-5-23)16-26(7-12-32-13-8-26)25(31)30-11-14-33-19-22(18-30)15-21-3-6-24-28-9-10-29(24)17-21/h1-6,9-10,17,22H,7-8,11-16,18-19H2. The summed E-state index contributed by atoms with van der Waals surface area (Å²) in [5, 5.41) is 0. The Hall–Kier alpha value is -2.77. The van der Waals surface area contributed by atoms with Gasteiger partial charge in [0.25, 0.3) is 0 Å². The van der Waals surface area contributed by atoms with E-state index < -0.39 is 5.41 Å². The first-order chi connectivity index (χ1) is 16.1. The number of hydrogen-bond acceptors (Lipinski definition) is 4. The van der Waals surface area contributed by atoms with Gasteiger partial charge in [-0.15, -0.1) is 0 Å². The Morgan fingerprint density at radius 1 is 1.06 bits per heavy atom. The molecule has 1 amide bonds. The van der Waals surface area contributed by atoms with E-state index in [1.165, 1.54) is 17.7 Å². The van der Waals surface area contributed by atoms with Crippen LogP contribution in [-0.4, -0.2) is 59.7 Å². The third-order valence-corrected chi connectivity index (χ3v) is 6.96. The summed E-state index contributed by atoms with van der Waals surface area (Å²) in [4.78, 5) is 20.3. The lowest BCUT2D eigenvalue weighted by molar-refractivity contribution is -0.148. The average Bonchev–Trinajstić information content (AvgIpc) is 3.18. The Kier molecular flexibility index (Phi) is 6.42. The summed E-state index contributed by atoms with van der Waals surface area (Å²) in [5.74, 6) is 0.142. The first-order valence-electron chi connectivity index (χ1n) is 11.7. The number of fused-ring (bicyclic) bond motifs is 1. The topological polar surface area (TPSA) is 56.1 Å². The maximum Gasteiger partial charge on any atom is 0.229 e. The van der Waals surface area contributed by atoms with Crippen LogP contribution >= 0.6 is 0 Å². The number of halogens is 1. The highest BCUT2D eigenvalue weighted by Gasteiger charge is 2.43. The first-order valence-corrected chi connectivity index (χ1v) is 11.7. The minimum absolute atomic E-state index is 0.177. The molecule has 174 valence electrons. The molecular weight excluding hydrogens is 421 g/mol. The van der Waals surface area contributed by atoms with Gasteiger partial charge in [-0.1, -0.05) is 18.2 Å². The molecule has 1 unspecified atom stereocenters. The van der Waals surface area contributed by atoms with E-state index >= 15 is 0 Å². The minimum Gasteiger partial charge on any atom is -0.381 e. The predicted octanol–water partition coefficient (Wildman–Crippen LogP) is 3.53. The number of rotatable bonds is 5. The molecule has 2 aromatic heterocycles. The zero-order valence-corrected chi connectivity index (χ0v) is 18.8. The highest BCUT2D eigenvalue weighted by molar-refractivity contribution is 5.83. The Balaban J connectivity index is 1.33. The molecular formula is C26H30FN3O3. The molecule has 2 aliphatic heterocycles. The zero-order chi connectivity index (χ0) is 22.7. The SMILES string of the molecule is O=C(N1CCOCC(Cc2ccc3nccn3c2)C1)C1(Cc2ccc(F)cc2)CCOCC1. The Bertz CT molecular complexity index is 1090. The number of carbonyl (C=O) groups excluding carboxylic acids is 1. The number of nitrogens with zero attached hydrogens (tertiary/aromatic N) is 3. The van der Waals surface area contributed by atoms with Crippen LogP contribution in [0.2, 0.25) is 0 Å². The van der Waals surface area contributed by atoms with Crippen molar-refractivity contribution in [1.82, 2.24) is 14.3 Å². The molecule has 2 fully saturated rings. The van der Waals surface area contributed by atoms with Crippen molar-refractivity contribution in [1.29, 1.82) is 0 Å². The number of ether oxygens (including phenoxy) is 2. The Morgan fingerprint density at radius 3 is 2.67 bits per heavy atom. The molecule has 0 aliphatic carbocycles. The molecule has 0 radical (unpaired) electrons. The summed E-state index contributed by atoms with van der Waals surface area (Å²) in [6.45, 7) is 3.61. The molecule has 1 atom stereocenters. The normalized spacial score (nSPS) is 21.1. The van der Waals surface area contributed by atoms with Crippen LogP contribution in [0.1, 0.15) is 24.0 Å². The van der Waals surface area contributed by atoms with Crippen LogP contribution in [0.3, 0.4) is 0 Å². The van der Waals surface area contributed by atoms with Gasteiger partial charge in [0, 0.05) is 50.8 Å². The lowest BCUT2D eigenvalue weighted by Gasteiger charge is -2.40. The largest absolute Gasteiger partial charge is 0.381 e. The summed E-state index contributed by atoms with van der Waals surface area (Å²) >= 11 is 0. The summed E-state index contributed by atoms with van der Waals surface area (Å²) in [6.07, 6.45) is 8.66. The molecule has 1 aromatic carbocycles. The number of benzene rings is 1. The number of hydrogen-bond donors (Lipinski definition) is 0. The molecule has 7 heteroatoms. The highest BCUT2D eigenvalue weighted by atomic mass is 19.1. The first kappa shape index (κ1) is 22.0. The van der Waals surface area contributed by atoms with E-state index in [-0.39, 0.29) is 17.6 Å². The van der Waals surface area contributed by atoms with Gasteiger partial charge >= 0.3 is 0 Å². The molecule has 2 aliphatic rings. The van der Waals surface area contributed by atoms with E-state index in [2.05, 4.69) is 17.2 Å². The van der Waals surface area contributed by atoms with E-state index in [0.717, 1.165) is 17.6 Å². The molecule has 3 aromatic rings. The smallest absolute Gasteiger partial charge is 0.229 e. The molecule has 0 spiro atoms. The average molecular weight is 452 g/mol. The van der Waals surface area contributed by atoms with Crippen LogP contribution in [0.25, 0.3) is 5.65 Å². The molecule has 33 heavy (non-hydrogen) atoms. The molecule has 0 saturated carbocycles. The minimum atomic E-state index is -0.513. The number of pyridine rings is 1. The molecule has 0 bridgehead atoms. The van der Waals surface area contributed by atoms with Crippen molar-refractivity contribution < 1.29 is 18.7 Å². The van der Waals surface area contributed by atoms with Crippen LogP contribution in [0.15, 0.2) is 55.0 Å². The fraction of sp³-hybridized carbons (Fsp3) is 0.462. The number of aromatic nitrogens is 2. The zero-order valence-electron chi connectivity index (χ0n) is 18.8. The summed E-state index contributed by atoms with van der Waals surface area (Å²) in [5.41, 5.74) is 2.61.